The Morgan fingerprint density at radius 1 is 1.32 bits per heavy atom. The van der Waals surface area contributed by atoms with Gasteiger partial charge in [0.2, 0.25) is 0 Å². The molecule has 0 saturated heterocycles. The molecule has 0 fully saturated rings. The van der Waals surface area contributed by atoms with Crippen LogP contribution in [0.2, 0.25) is 0 Å². The van der Waals surface area contributed by atoms with Crippen molar-refractivity contribution in [1.29, 1.82) is 5.26 Å². The van der Waals surface area contributed by atoms with E-state index in [2.05, 4.69) is 4.74 Å². The molecular weight excluding hydrogens is 346 g/mol. The summed E-state index contributed by atoms with van der Waals surface area (Å²) in [6.07, 6.45) is -3.91. The number of hydrogen-bond acceptors (Lipinski definition) is 5. The van der Waals surface area contributed by atoms with Crippen LogP contribution < -0.4 is 10.5 Å². The zero-order valence-electron chi connectivity index (χ0n) is 12.9. The van der Waals surface area contributed by atoms with Crippen molar-refractivity contribution in [2.45, 2.75) is 6.18 Å². The molecule has 0 unspecified atom stereocenters. The normalized spacial score (nSPS) is 11.1. The van der Waals surface area contributed by atoms with Crippen LogP contribution in [-0.2, 0) is 10.9 Å². The van der Waals surface area contributed by atoms with Gasteiger partial charge in [0.1, 0.15) is 17.4 Å². The van der Waals surface area contributed by atoms with Gasteiger partial charge in [0, 0.05) is 12.3 Å². The summed E-state index contributed by atoms with van der Waals surface area (Å²) in [6.45, 7) is 0. The van der Waals surface area contributed by atoms with Gasteiger partial charge < -0.3 is 19.8 Å². The van der Waals surface area contributed by atoms with E-state index in [0.29, 0.717) is 0 Å². The topological polar surface area (TPSA) is 90.3 Å². The van der Waals surface area contributed by atoms with Gasteiger partial charge in [0.05, 0.1) is 31.2 Å². The first-order valence-corrected chi connectivity index (χ1v) is 6.60. The Morgan fingerprint density at radius 3 is 2.44 bits per heavy atom. The number of rotatable bonds is 3. The van der Waals surface area contributed by atoms with Crippen molar-refractivity contribution in [2.24, 2.45) is 0 Å². The average molecular weight is 357 g/mol. The fourth-order valence-corrected chi connectivity index (χ4v) is 2.29. The maximum atomic E-state index is 13.8. The minimum Gasteiger partial charge on any atom is -0.494 e. The van der Waals surface area contributed by atoms with Crippen LogP contribution in [0, 0.1) is 17.1 Å². The molecule has 0 saturated carbocycles. The molecule has 2 aromatic rings. The lowest BCUT2D eigenvalue weighted by Crippen LogP contribution is -2.14. The number of ether oxygens (including phenoxy) is 2. The number of carbonyl (C=O) groups is 1. The molecule has 0 aliphatic carbocycles. The highest BCUT2D eigenvalue weighted by molar-refractivity contribution is 5.96. The van der Waals surface area contributed by atoms with E-state index in [1.807, 2.05) is 0 Å². The van der Waals surface area contributed by atoms with Gasteiger partial charge in [-0.2, -0.15) is 18.4 Å². The van der Waals surface area contributed by atoms with Gasteiger partial charge in [-0.15, -0.1) is 0 Å². The molecule has 0 bridgehead atoms. The van der Waals surface area contributed by atoms with E-state index in [0.717, 1.165) is 31.0 Å². The summed E-state index contributed by atoms with van der Waals surface area (Å²) in [7, 11) is 1.98. The fraction of sp³-hybridized carbons (Fsp3) is 0.200. The summed E-state index contributed by atoms with van der Waals surface area (Å²) in [4.78, 5) is 11.9. The zero-order valence-corrected chi connectivity index (χ0v) is 12.9. The van der Waals surface area contributed by atoms with E-state index in [4.69, 9.17) is 15.7 Å². The fourth-order valence-electron chi connectivity index (χ4n) is 2.29. The number of nitrogens with two attached hydrogens (primary N) is 1. The maximum absolute atomic E-state index is 13.8. The van der Waals surface area contributed by atoms with Crippen LogP contribution in [-0.4, -0.2) is 24.8 Å². The second-order valence-corrected chi connectivity index (χ2v) is 4.78. The van der Waals surface area contributed by atoms with Gasteiger partial charge in [0.25, 0.3) is 0 Å². The van der Waals surface area contributed by atoms with Gasteiger partial charge in [0.15, 0.2) is 11.4 Å². The van der Waals surface area contributed by atoms with Crippen molar-refractivity contribution < 1.29 is 31.8 Å². The van der Waals surface area contributed by atoms with Crippen molar-refractivity contribution in [1.82, 2.24) is 4.57 Å². The smallest absolute Gasteiger partial charge is 0.420 e. The number of hydrogen-bond donors (Lipinski definition) is 1. The third-order valence-corrected chi connectivity index (χ3v) is 3.35. The van der Waals surface area contributed by atoms with Gasteiger partial charge in [-0.05, 0) is 6.07 Å². The van der Waals surface area contributed by atoms with E-state index >= 15 is 0 Å². The number of aromatic nitrogens is 1. The molecule has 0 atom stereocenters. The number of anilines is 1. The summed E-state index contributed by atoms with van der Waals surface area (Å²) >= 11 is 0. The second kappa shape index (κ2) is 6.35. The molecule has 0 amide bonds. The van der Waals surface area contributed by atoms with Crippen molar-refractivity contribution in [3.05, 3.63) is 41.0 Å². The second-order valence-electron chi connectivity index (χ2n) is 4.78. The molecule has 0 radical (unpaired) electrons. The van der Waals surface area contributed by atoms with E-state index < -0.39 is 40.7 Å². The molecule has 0 aliphatic rings. The van der Waals surface area contributed by atoms with E-state index in [-0.39, 0.29) is 17.3 Å². The summed E-state index contributed by atoms with van der Waals surface area (Å²) in [5.41, 5.74) is 2.92. The molecule has 1 aromatic carbocycles. The molecule has 10 heteroatoms. The Bertz CT molecular complexity index is 882. The SMILES string of the molecule is COC(=O)c1c(N)c(C#N)cn1-c1cc(F)cc(C(F)(F)F)c1OC. The van der Waals surface area contributed by atoms with Crippen molar-refractivity contribution in [3.63, 3.8) is 0 Å². The predicted molar refractivity (Wildman–Crippen MR) is 77.7 cm³/mol. The molecule has 132 valence electrons. The highest BCUT2D eigenvalue weighted by atomic mass is 19.4. The van der Waals surface area contributed by atoms with Crippen molar-refractivity contribution >= 4 is 11.7 Å². The van der Waals surface area contributed by atoms with E-state index in [9.17, 15) is 22.4 Å². The Kier molecular flexibility index (Phi) is 4.60. The third-order valence-electron chi connectivity index (χ3n) is 3.35. The number of methoxy groups -OCH3 is 2. The van der Waals surface area contributed by atoms with Crippen LogP contribution in [0.15, 0.2) is 18.3 Å². The Labute approximate surface area is 139 Å². The first-order chi connectivity index (χ1) is 11.6. The highest BCUT2D eigenvalue weighted by Crippen LogP contribution is 2.41. The molecule has 2 N–H and O–H groups in total. The average Bonchev–Trinajstić information content (AvgIpc) is 2.89. The molecule has 0 aliphatic heterocycles. The number of alkyl halides is 3. The summed E-state index contributed by atoms with van der Waals surface area (Å²) in [5.74, 6) is -2.97. The van der Waals surface area contributed by atoms with Crippen LogP contribution in [0.3, 0.4) is 0 Å². The summed E-state index contributed by atoms with van der Waals surface area (Å²) in [5, 5.41) is 9.04. The molecule has 2 rings (SSSR count). The number of esters is 1. The lowest BCUT2D eigenvalue weighted by Gasteiger charge is -2.18. The standard InChI is InChI=1S/C15H11F4N3O3/c1-24-13-9(15(17,18)19)3-8(16)4-10(13)22-6-7(5-20)11(21)12(22)14(23)25-2/h3-4,6H,21H2,1-2H3. The Hall–Kier alpha value is -3.22. The first-order valence-electron chi connectivity index (χ1n) is 6.60. The molecular formula is C15H11F4N3O3. The maximum Gasteiger partial charge on any atom is 0.420 e. The van der Waals surface area contributed by atoms with Crippen LogP contribution in [0.5, 0.6) is 5.75 Å². The number of nitriles is 1. The summed E-state index contributed by atoms with van der Waals surface area (Å²) in [6, 6.07) is 2.68. The van der Waals surface area contributed by atoms with Crippen molar-refractivity contribution in [2.75, 3.05) is 20.0 Å². The monoisotopic (exact) mass is 357 g/mol. The van der Waals surface area contributed by atoms with Crippen LogP contribution in [0.25, 0.3) is 5.69 Å². The number of carbonyl (C=O) groups excluding carboxylic acids is 1. The number of nitrogens with zero attached hydrogens (tertiary/aromatic N) is 2. The molecule has 6 nitrogen and oxygen atoms in total. The molecule has 1 aromatic heterocycles. The predicted octanol–water partition coefficient (Wildman–Crippen LogP) is 2.88. The van der Waals surface area contributed by atoms with Gasteiger partial charge in [-0.25, -0.2) is 9.18 Å². The Morgan fingerprint density at radius 2 is 1.96 bits per heavy atom. The highest BCUT2D eigenvalue weighted by Gasteiger charge is 2.37. The van der Waals surface area contributed by atoms with Crippen molar-refractivity contribution in [3.8, 4) is 17.5 Å². The number of benzene rings is 1. The largest absolute Gasteiger partial charge is 0.494 e. The lowest BCUT2D eigenvalue weighted by molar-refractivity contribution is -0.138. The zero-order chi connectivity index (χ0) is 18.9. The van der Waals surface area contributed by atoms with Crippen LogP contribution in [0.1, 0.15) is 21.6 Å². The van der Waals surface area contributed by atoms with Gasteiger partial charge >= 0.3 is 12.1 Å². The minimum atomic E-state index is -4.91. The van der Waals surface area contributed by atoms with E-state index in [1.54, 1.807) is 6.07 Å². The molecule has 1 heterocycles. The first kappa shape index (κ1) is 18.1. The quantitative estimate of drug-likeness (QED) is 0.674. The number of halogens is 4. The molecule has 25 heavy (non-hydrogen) atoms. The Balaban J connectivity index is 2.90. The third kappa shape index (κ3) is 3.08. The molecule has 0 spiro atoms. The van der Waals surface area contributed by atoms with Gasteiger partial charge in [-0.3, -0.25) is 0 Å². The lowest BCUT2D eigenvalue weighted by atomic mass is 10.1. The van der Waals surface area contributed by atoms with Crippen LogP contribution >= 0.6 is 0 Å². The van der Waals surface area contributed by atoms with Crippen LogP contribution in [0.4, 0.5) is 23.2 Å². The minimum absolute atomic E-state index is 0.194. The number of nitrogen functional groups attached to an aromatic ring is 1. The summed E-state index contributed by atoms with van der Waals surface area (Å²) < 4.78 is 63.4. The van der Waals surface area contributed by atoms with Gasteiger partial charge in [-0.1, -0.05) is 0 Å². The van der Waals surface area contributed by atoms with E-state index in [1.165, 1.54) is 0 Å².